The van der Waals surface area contributed by atoms with Crippen molar-refractivity contribution < 1.29 is 19.0 Å². The molecule has 20 heavy (non-hydrogen) atoms. The largest absolute Gasteiger partial charge is 0.488 e. The van der Waals surface area contributed by atoms with E-state index in [0.717, 1.165) is 0 Å². The number of hydrogen-bond acceptors (Lipinski definition) is 4. The Bertz CT molecular complexity index is 537. The molecule has 0 bridgehead atoms. The van der Waals surface area contributed by atoms with E-state index in [4.69, 9.17) is 25.8 Å². The van der Waals surface area contributed by atoms with Crippen molar-refractivity contribution >= 4 is 17.4 Å². The summed E-state index contributed by atoms with van der Waals surface area (Å²) in [5, 5.41) is 0.366. The van der Waals surface area contributed by atoms with Crippen LogP contribution in [0.3, 0.4) is 0 Å². The second-order valence-corrected chi connectivity index (χ2v) is 5.63. The fraction of sp³-hybridized carbons (Fsp3) is 0.533. The Morgan fingerprint density at radius 3 is 2.45 bits per heavy atom. The molecule has 2 rings (SSSR count). The van der Waals surface area contributed by atoms with Gasteiger partial charge in [0.1, 0.15) is 5.60 Å². The van der Waals surface area contributed by atoms with Crippen molar-refractivity contribution in [3.05, 3.63) is 16.7 Å². The second kappa shape index (κ2) is 5.52. The van der Waals surface area contributed by atoms with Crippen molar-refractivity contribution in [2.75, 3.05) is 13.2 Å². The van der Waals surface area contributed by atoms with Gasteiger partial charge < -0.3 is 14.2 Å². The highest BCUT2D eigenvalue weighted by molar-refractivity contribution is 6.33. The molecule has 1 aromatic rings. The Hall–Kier alpha value is -1.42. The molecule has 0 aromatic heterocycles. The highest BCUT2D eigenvalue weighted by Gasteiger charge is 2.36. The Kier molecular flexibility index (Phi) is 4.14. The van der Waals surface area contributed by atoms with Gasteiger partial charge in [-0.1, -0.05) is 11.6 Å². The van der Waals surface area contributed by atoms with Crippen LogP contribution in [0, 0.1) is 0 Å². The summed E-state index contributed by atoms with van der Waals surface area (Å²) in [7, 11) is 0. The van der Waals surface area contributed by atoms with Crippen LogP contribution in [0.15, 0.2) is 6.07 Å². The van der Waals surface area contributed by atoms with Crippen molar-refractivity contribution in [3.63, 3.8) is 0 Å². The van der Waals surface area contributed by atoms with E-state index in [1.807, 2.05) is 27.7 Å². The monoisotopic (exact) mass is 298 g/mol. The summed E-state index contributed by atoms with van der Waals surface area (Å²) < 4.78 is 17.1. The zero-order valence-electron chi connectivity index (χ0n) is 12.2. The summed E-state index contributed by atoms with van der Waals surface area (Å²) in [6.45, 7) is 8.36. The van der Waals surface area contributed by atoms with Gasteiger partial charge in [-0.05, 0) is 33.8 Å². The van der Waals surface area contributed by atoms with Crippen LogP contribution in [0.2, 0.25) is 5.02 Å². The fourth-order valence-corrected chi connectivity index (χ4v) is 2.50. The number of ketones is 1. The minimum atomic E-state index is -0.562. The minimum Gasteiger partial charge on any atom is -0.488 e. The minimum absolute atomic E-state index is 0.00199. The molecule has 4 nitrogen and oxygen atoms in total. The summed E-state index contributed by atoms with van der Waals surface area (Å²) >= 11 is 6.20. The molecule has 1 aliphatic heterocycles. The van der Waals surface area contributed by atoms with E-state index < -0.39 is 5.60 Å². The van der Waals surface area contributed by atoms with Crippen LogP contribution >= 0.6 is 11.6 Å². The van der Waals surface area contributed by atoms with E-state index in [0.29, 0.717) is 47.5 Å². The van der Waals surface area contributed by atoms with Crippen LogP contribution in [0.4, 0.5) is 0 Å². The molecule has 0 unspecified atom stereocenters. The first-order chi connectivity index (χ1) is 9.39. The van der Waals surface area contributed by atoms with Crippen molar-refractivity contribution in [1.29, 1.82) is 0 Å². The summed E-state index contributed by atoms with van der Waals surface area (Å²) in [5.74, 6) is 1.28. The molecule has 0 N–H and O–H groups in total. The lowest BCUT2D eigenvalue weighted by atomic mass is 9.92. The Morgan fingerprint density at radius 2 is 1.85 bits per heavy atom. The summed E-state index contributed by atoms with van der Waals surface area (Å²) in [6, 6.07) is 1.60. The highest BCUT2D eigenvalue weighted by atomic mass is 35.5. The first-order valence-electron chi connectivity index (χ1n) is 6.74. The molecule has 0 amide bonds. The smallest absolute Gasteiger partial charge is 0.205 e. The second-order valence-electron chi connectivity index (χ2n) is 5.22. The van der Waals surface area contributed by atoms with Gasteiger partial charge in [0.05, 0.1) is 30.2 Å². The molecule has 0 saturated carbocycles. The lowest BCUT2D eigenvalue weighted by Crippen LogP contribution is -2.36. The van der Waals surface area contributed by atoms with Gasteiger partial charge >= 0.3 is 0 Å². The molecular weight excluding hydrogens is 280 g/mol. The maximum absolute atomic E-state index is 12.2. The van der Waals surface area contributed by atoms with Gasteiger partial charge in [-0.2, -0.15) is 0 Å². The number of halogens is 1. The van der Waals surface area contributed by atoms with Crippen LogP contribution in [0.5, 0.6) is 17.2 Å². The lowest BCUT2D eigenvalue weighted by molar-refractivity contribution is 0.0593. The van der Waals surface area contributed by atoms with Crippen molar-refractivity contribution in [2.24, 2.45) is 0 Å². The molecule has 0 atom stereocenters. The van der Waals surface area contributed by atoms with Crippen molar-refractivity contribution in [2.45, 2.75) is 39.7 Å². The number of fused-ring (bicyclic) bond motifs is 1. The summed E-state index contributed by atoms with van der Waals surface area (Å²) in [4.78, 5) is 12.2. The van der Waals surface area contributed by atoms with Crippen LogP contribution < -0.4 is 14.2 Å². The standard InChI is InChI=1S/C15H19ClO4/c1-5-18-13-10(16)7-9-11(17)8-15(3,4)20-12(9)14(13)19-6-2/h7H,5-6,8H2,1-4H3. The van der Waals surface area contributed by atoms with Gasteiger partial charge in [0.2, 0.25) is 5.75 Å². The van der Waals surface area contributed by atoms with Crippen LogP contribution in [0.1, 0.15) is 44.5 Å². The van der Waals surface area contributed by atoms with Gasteiger partial charge in [-0.25, -0.2) is 0 Å². The Balaban J connectivity index is 2.63. The SMILES string of the molecule is CCOc1c(Cl)cc2c(c1OCC)OC(C)(C)CC2=O. The van der Waals surface area contributed by atoms with E-state index in [1.54, 1.807) is 6.07 Å². The molecule has 1 aliphatic rings. The Morgan fingerprint density at radius 1 is 1.25 bits per heavy atom. The molecule has 1 aromatic carbocycles. The number of carbonyl (C=O) groups excluding carboxylic acids is 1. The average molecular weight is 299 g/mol. The number of rotatable bonds is 4. The first kappa shape index (κ1) is 15.0. The molecule has 110 valence electrons. The molecule has 5 heteroatoms. The van der Waals surface area contributed by atoms with Crippen molar-refractivity contribution in [3.8, 4) is 17.2 Å². The van der Waals surface area contributed by atoms with Gasteiger partial charge in [0.25, 0.3) is 0 Å². The van der Waals surface area contributed by atoms with Crippen LogP contribution in [-0.4, -0.2) is 24.6 Å². The molecule has 0 fully saturated rings. The third-order valence-corrected chi connectivity index (χ3v) is 3.27. The summed E-state index contributed by atoms with van der Waals surface area (Å²) in [5.41, 5.74) is -0.103. The fourth-order valence-electron chi connectivity index (χ4n) is 2.25. The predicted octanol–water partition coefficient (Wildman–Crippen LogP) is 3.88. The third kappa shape index (κ3) is 2.70. The number of benzene rings is 1. The van der Waals surface area contributed by atoms with E-state index >= 15 is 0 Å². The summed E-state index contributed by atoms with van der Waals surface area (Å²) in [6.07, 6.45) is 0.315. The molecule has 0 radical (unpaired) electrons. The van der Waals surface area contributed by atoms with E-state index in [9.17, 15) is 4.79 Å². The highest BCUT2D eigenvalue weighted by Crippen LogP contribution is 2.49. The lowest BCUT2D eigenvalue weighted by Gasteiger charge is -2.33. The molecule has 0 spiro atoms. The predicted molar refractivity (Wildman–Crippen MR) is 77.4 cm³/mol. The number of ether oxygens (including phenoxy) is 3. The quantitative estimate of drug-likeness (QED) is 0.846. The van der Waals surface area contributed by atoms with Crippen molar-refractivity contribution in [1.82, 2.24) is 0 Å². The van der Waals surface area contributed by atoms with Crippen LogP contribution in [0.25, 0.3) is 0 Å². The van der Waals surface area contributed by atoms with Gasteiger partial charge in [-0.3, -0.25) is 4.79 Å². The molecular formula is C15H19ClO4. The third-order valence-electron chi connectivity index (χ3n) is 2.99. The van der Waals surface area contributed by atoms with E-state index in [2.05, 4.69) is 0 Å². The van der Waals surface area contributed by atoms with E-state index in [-0.39, 0.29) is 5.78 Å². The van der Waals surface area contributed by atoms with Gasteiger partial charge in [-0.15, -0.1) is 0 Å². The van der Waals surface area contributed by atoms with Crippen LogP contribution in [-0.2, 0) is 0 Å². The number of hydrogen-bond donors (Lipinski definition) is 0. The molecule has 0 saturated heterocycles. The molecule has 0 aliphatic carbocycles. The molecule has 1 heterocycles. The maximum Gasteiger partial charge on any atom is 0.205 e. The zero-order chi connectivity index (χ0) is 14.9. The average Bonchev–Trinajstić information content (AvgIpc) is 2.34. The van der Waals surface area contributed by atoms with Gasteiger partial charge in [0, 0.05) is 0 Å². The zero-order valence-corrected chi connectivity index (χ0v) is 13.0. The van der Waals surface area contributed by atoms with Gasteiger partial charge in [0.15, 0.2) is 17.3 Å². The first-order valence-corrected chi connectivity index (χ1v) is 7.11. The number of Topliss-reactive ketones (excluding diaryl/α,β-unsaturated/α-hetero) is 1. The number of carbonyl (C=O) groups is 1. The van der Waals surface area contributed by atoms with E-state index in [1.165, 1.54) is 0 Å². The topological polar surface area (TPSA) is 44.8 Å². The maximum atomic E-state index is 12.2. The normalized spacial score (nSPS) is 16.4. The Labute approximate surface area is 124 Å².